The summed E-state index contributed by atoms with van der Waals surface area (Å²) in [4.78, 5) is 12.1. The van der Waals surface area contributed by atoms with Crippen LogP contribution in [0.3, 0.4) is 0 Å². The molecule has 0 saturated carbocycles. The molecular formula is C17H14O7S. The van der Waals surface area contributed by atoms with Crippen molar-refractivity contribution in [3.05, 3.63) is 46.8 Å². The van der Waals surface area contributed by atoms with Crippen molar-refractivity contribution in [3.63, 3.8) is 0 Å². The molecule has 2 heterocycles. The summed E-state index contributed by atoms with van der Waals surface area (Å²) in [5.41, 5.74) is -0.416. The van der Waals surface area contributed by atoms with Gasteiger partial charge in [0.05, 0.1) is 12.0 Å². The number of ether oxygens (including phenoxy) is 1. The van der Waals surface area contributed by atoms with E-state index in [2.05, 4.69) is 0 Å². The third-order valence-corrected chi connectivity index (χ3v) is 5.79. The summed E-state index contributed by atoms with van der Waals surface area (Å²) in [6.07, 6.45) is 0.388. The maximum Gasteiger partial charge on any atom is 0.344 e. The maximum absolute atomic E-state index is 12.2. The molecule has 0 radical (unpaired) electrons. The zero-order valence-corrected chi connectivity index (χ0v) is 13.8. The van der Waals surface area contributed by atoms with E-state index >= 15 is 0 Å². The summed E-state index contributed by atoms with van der Waals surface area (Å²) >= 11 is 0. The third kappa shape index (κ3) is 2.83. The molecule has 2 aromatic carbocycles. The highest BCUT2D eigenvalue weighted by molar-refractivity contribution is 7.87. The van der Waals surface area contributed by atoms with Crippen LogP contribution in [0.25, 0.3) is 21.7 Å². The minimum Gasteiger partial charge on any atom is -0.508 e. The van der Waals surface area contributed by atoms with E-state index in [1.54, 1.807) is 12.1 Å². The van der Waals surface area contributed by atoms with Gasteiger partial charge in [-0.1, -0.05) is 0 Å². The average Bonchev–Trinajstić information content (AvgIpc) is 3.10. The first-order valence-electron chi connectivity index (χ1n) is 7.65. The summed E-state index contributed by atoms with van der Waals surface area (Å²) in [6, 6.07) is 8.90. The van der Waals surface area contributed by atoms with Crippen molar-refractivity contribution in [3.8, 4) is 11.5 Å². The number of aromatic hydroxyl groups is 1. The van der Waals surface area contributed by atoms with Crippen LogP contribution >= 0.6 is 0 Å². The van der Waals surface area contributed by atoms with Gasteiger partial charge in [-0.2, -0.15) is 8.42 Å². The van der Waals surface area contributed by atoms with Gasteiger partial charge in [-0.3, -0.25) is 0 Å². The molecule has 130 valence electrons. The van der Waals surface area contributed by atoms with Crippen LogP contribution in [0.4, 0.5) is 0 Å². The van der Waals surface area contributed by atoms with Crippen molar-refractivity contribution in [2.24, 2.45) is 0 Å². The van der Waals surface area contributed by atoms with Gasteiger partial charge >= 0.3 is 15.7 Å². The molecule has 7 nitrogen and oxygen atoms in total. The highest BCUT2D eigenvalue weighted by Crippen LogP contribution is 2.29. The van der Waals surface area contributed by atoms with Crippen LogP contribution in [0.1, 0.15) is 6.42 Å². The van der Waals surface area contributed by atoms with Crippen molar-refractivity contribution in [1.29, 1.82) is 0 Å². The summed E-state index contributed by atoms with van der Waals surface area (Å²) in [7, 11) is -3.82. The average molecular weight is 362 g/mol. The minimum absolute atomic E-state index is 0.0380. The van der Waals surface area contributed by atoms with Gasteiger partial charge in [0.25, 0.3) is 0 Å². The van der Waals surface area contributed by atoms with E-state index in [4.69, 9.17) is 13.3 Å². The molecule has 4 rings (SSSR count). The van der Waals surface area contributed by atoms with Crippen LogP contribution in [-0.4, -0.2) is 32.0 Å². The molecule has 0 amide bonds. The standard InChI is InChI=1S/C17H14O7S/c18-10-1-3-13-14-4-2-11(8-16(14)23-17(19)15(13)7-10)24-25(20,21)12-5-6-22-9-12/h1-4,7-8,12,18H,5-6,9H2. The van der Waals surface area contributed by atoms with Crippen LogP contribution in [0, 0.1) is 0 Å². The zero-order valence-electron chi connectivity index (χ0n) is 13.0. The molecule has 25 heavy (non-hydrogen) atoms. The van der Waals surface area contributed by atoms with Gasteiger partial charge in [-0.25, -0.2) is 4.79 Å². The quantitative estimate of drug-likeness (QED) is 0.432. The molecule has 1 fully saturated rings. The van der Waals surface area contributed by atoms with E-state index < -0.39 is 21.0 Å². The van der Waals surface area contributed by atoms with Gasteiger partial charge in [0.15, 0.2) is 0 Å². The molecule has 1 aliphatic rings. The molecule has 1 saturated heterocycles. The van der Waals surface area contributed by atoms with Crippen LogP contribution in [0.5, 0.6) is 11.5 Å². The number of phenols is 1. The van der Waals surface area contributed by atoms with Crippen molar-refractivity contribution >= 4 is 31.9 Å². The summed E-state index contributed by atoms with van der Waals surface area (Å²) in [6.45, 7) is 0.498. The first kappa shape index (κ1) is 15.9. The first-order chi connectivity index (χ1) is 11.9. The van der Waals surface area contributed by atoms with Gasteiger partial charge < -0.3 is 18.4 Å². The Kier molecular flexibility index (Phi) is 3.66. The smallest absolute Gasteiger partial charge is 0.344 e. The van der Waals surface area contributed by atoms with Gasteiger partial charge in [0, 0.05) is 23.4 Å². The predicted octanol–water partition coefficient (Wildman–Crippen LogP) is 2.15. The first-order valence-corrected chi connectivity index (χ1v) is 9.12. The molecule has 0 spiro atoms. The molecule has 1 N–H and O–H groups in total. The fourth-order valence-corrected chi connectivity index (χ4v) is 4.05. The maximum atomic E-state index is 12.2. The van der Waals surface area contributed by atoms with Crippen LogP contribution < -0.4 is 9.81 Å². The van der Waals surface area contributed by atoms with Crippen LogP contribution in [0.2, 0.25) is 0 Å². The molecular weight excluding hydrogens is 348 g/mol. The van der Waals surface area contributed by atoms with E-state index in [0.29, 0.717) is 23.8 Å². The number of hydrogen-bond acceptors (Lipinski definition) is 7. The predicted molar refractivity (Wildman–Crippen MR) is 90.4 cm³/mol. The number of phenolic OH excluding ortho intramolecular Hbond substituents is 1. The number of rotatable bonds is 3. The Hall–Kier alpha value is -2.58. The van der Waals surface area contributed by atoms with E-state index in [0.717, 1.165) is 0 Å². The van der Waals surface area contributed by atoms with Crippen molar-refractivity contribution < 1.29 is 26.9 Å². The van der Waals surface area contributed by atoms with Crippen molar-refractivity contribution in [2.75, 3.05) is 13.2 Å². The zero-order chi connectivity index (χ0) is 17.6. The number of hydrogen-bond donors (Lipinski definition) is 1. The number of benzene rings is 2. The lowest BCUT2D eigenvalue weighted by Crippen LogP contribution is -2.26. The normalized spacial score (nSPS) is 18.0. The van der Waals surface area contributed by atoms with E-state index in [1.165, 1.54) is 24.3 Å². The highest BCUT2D eigenvalue weighted by Gasteiger charge is 2.31. The van der Waals surface area contributed by atoms with Crippen molar-refractivity contribution in [1.82, 2.24) is 0 Å². The topological polar surface area (TPSA) is 103 Å². The molecule has 1 aliphatic heterocycles. The largest absolute Gasteiger partial charge is 0.508 e. The Morgan fingerprint density at radius 3 is 2.64 bits per heavy atom. The molecule has 3 aromatic rings. The van der Waals surface area contributed by atoms with Crippen molar-refractivity contribution in [2.45, 2.75) is 11.7 Å². The third-order valence-electron chi connectivity index (χ3n) is 4.18. The summed E-state index contributed by atoms with van der Waals surface area (Å²) < 4.78 is 40.0. The van der Waals surface area contributed by atoms with Crippen LogP contribution in [-0.2, 0) is 14.9 Å². The molecule has 1 aromatic heterocycles. The van der Waals surface area contributed by atoms with Gasteiger partial charge in [0.2, 0.25) is 0 Å². The fourth-order valence-electron chi connectivity index (χ4n) is 2.90. The Bertz CT molecular complexity index is 1120. The Morgan fingerprint density at radius 1 is 1.08 bits per heavy atom. The second-order valence-electron chi connectivity index (χ2n) is 5.84. The molecule has 8 heteroatoms. The van der Waals surface area contributed by atoms with E-state index in [9.17, 15) is 18.3 Å². The lowest BCUT2D eigenvalue weighted by Gasteiger charge is -2.11. The molecule has 1 unspecified atom stereocenters. The minimum atomic E-state index is -3.82. The fraction of sp³-hybridized carbons (Fsp3) is 0.235. The van der Waals surface area contributed by atoms with E-state index in [1.807, 2.05) is 0 Å². The van der Waals surface area contributed by atoms with Gasteiger partial charge in [-0.05, 0) is 36.8 Å². The van der Waals surface area contributed by atoms with Gasteiger partial charge in [0.1, 0.15) is 22.3 Å². The SMILES string of the molecule is O=c1oc2cc(OS(=O)(=O)C3CCOC3)ccc2c2ccc(O)cc12. The second kappa shape index (κ2) is 5.75. The highest BCUT2D eigenvalue weighted by atomic mass is 32.2. The molecule has 0 bridgehead atoms. The van der Waals surface area contributed by atoms with Crippen LogP contribution in [0.15, 0.2) is 45.6 Å². The lowest BCUT2D eigenvalue weighted by molar-refractivity contribution is 0.198. The lowest BCUT2D eigenvalue weighted by atomic mass is 10.1. The summed E-state index contributed by atoms with van der Waals surface area (Å²) in [5, 5.41) is 10.3. The van der Waals surface area contributed by atoms with Gasteiger partial charge in [-0.15, -0.1) is 0 Å². The Balaban J connectivity index is 1.79. The summed E-state index contributed by atoms with van der Waals surface area (Å²) in [5.74, 6) is 0.0321. The molecule has 0 aliphatic carbocycles. The number of fused-ring (bicyclic) bond motifs is 3. The van der Waals surface area contributed by atoms with E-state index in [-0.39, 0.29) is 29.1 Å². The molecule has 1 atom stereocenters. The monoisotopic (exact) mass is 362 g/mol. The second-order valence-corrected chi connectivity index (χ2v) is 7.66. The Labute approximate surface area is 142 Å². The Morgan fingerprint density at radius 2 is 1.88 bits per heavy atom.